The first kappa shape index (κ1) is 11.6. The van der Waals surface area contributed by atoms with Crippen LogP contribution < -0.4 is 10.6 Å². The Morgan fingerprint density at radius 1 is 1.22 bits per heavy atom. The molecule has 94 valence electrons. The van der Waals surface area contributed by atoms with E-state index in [-0.39, 0.29) is 5.82 Å². The quantitative estimate of drug-likeness (QED) is 0.861. The lowest BCUT2D eigenvalue weighted by molar-refractivity contribution is 0.556. The van der Waals surface area contributed by atoms with E-state index in [1.165, 1.54) is 0 Å². The molecule has 1 aliphatic heterocycles. The number of hydrogen-bond acceptors (Lipinski definition) is 5. The maximum atomic E-state index is 6.15. The number of fused-ring (bicyclic) bond motifs is 1. The molecule has 0 aromatic carbocycles. The van der Waals surface area contributed by atoms with Crippen molar-refractivity contribution < 1.29 is 0 Å². The van der Waals surface area contributed by atoms with Gasteiger partial charge in [0.05, 0.1) is 16.6 Å². The molecule has 2 aromatic rings. The minimum absolute atomic E-state index is 0.281. The van der Waals surface area contributed by atoms with Gasteiger partial charge in [0.15, 0.2) is 5.82 Å². The standard InChI is InChI=1S/C10H10Cl2N6/c11-6-3-7(12)10(15-9(6)13)17-1-2-18-5-14-16-8(18)4-17/h3,5H,1-2,4H2,(H2,13,15). The molecule has 0 bridgehead atoms. The summed E-state index contributed by atoms with van der Waals surface area (Å²) in [6, 6.07) is 1.61. The number of rotatable bonds is 1. The summed E-state index contributed by atoms with van der Waals surface area (Å²) in [7, 11) is 0. The molecule has 6 nitrogen and oxygen atoms in total. The zero-order chi connectivity index (χ0) is 12.7. The van der Waals surface area contributed by atoms with Gasteiger partial charge in [0.25, 0.3) is 0 Å². The van der Waals surface area contributed by atoms with Crippen molar-refractivity contribution in [2.75, 3.05) is 17.2 Å². The van der Waals surface area contributed by atoms with Crippen LogP contribution in [0.15, 0.2) is 12.4 Å². The maximum absolute atomic E-state index is 6.15. The van der Waals surface area contributed by atoms with Crippen LogP contribution in [0.1, 0.15) is 5.82 Å². The summed E-state index contributed by atoms with van der Waals surface area (Å²) in [6.45, 7) is 2.18. The fourth-order valence-corrected chi connectivity index (χ4v) is 2.42. The van der Waals surface area contributed by atoms with Gasteiger partial charge in [-0.2, -0.15) is 0 Å². The Morgan fingerprint density at radius 2 is 2.06 bits per heavy atom. The van der Waals surface area contributed by atoms with E-state index in [4.69, 9.17) is 28.9 Å². The van der Waals surface area contributed by atoms with Crippen molar-refractivity contribution in [3.05, 3.63) is 28.3 Å². The zero-order valence-corrected chi connectivity index (χ0v) is 10.9. The normalized spacial score (nSPS) is 14.7. The molecule has 0 amide bonds. The molecule has 0 aliphatic carbocycles. The van der Waals surface area contributed by atoms with Crippen LogP contribution in [0.3, 0.4) is 0 Å². The molecule has 2 N–H and O–H groups in total. The number of anilines is 2. The molecule has 0 saturated heterocycles. The van der Waals surface area contributed by atoms with Crippen LogP contribution in [-0.4, -0.2) is 26.3 Å². The van der Waals surface area contributed by atoms with E-state index in [9.17, 15) is 0 Å². The first-order chi connectivity index (χ1) is 8.65. The summed E-state index contributed by atoms with van der Waals surface area (Å²) in [5.41, 5.74) is 5.71. The molecule has 8 heteroatoms. The van der Waals surface area contributed by atoms with Gasteiger partial charge in [-0.05, 0) is 6.07 Å². The summed E-state index contributed by atoms with van der Waals surface area (Å²) in [5, 5.41) is 8.77. The number of hydrogen-bond donors (Lipinski definition) is 1. The number of aromatic nitrogens is 4. The van der Waals surface area contributed by atoms with Crippen LogP contribution in [0.25, 0.3) is 0 Å². The minimum atomic E-state index is 0.281. The van der Waals surface area contributed by atoms with E-state index in [1.54, 1.807) is 12.4 Å². The van der Waals surface area contributed by atoms with E-state index in [0.29, 0.717) is 22.4 Å². The molecule has 1 aliphatic rings. The second-order valence-corrected chi connectivity index (χ2v) is 4.84. The highest BCUT2D eigenvalue weighted by atomic mass is 35.5. The molecule has 3 heterocycles. The number of pyridine rings is 1. The predicted octanol–water partition coefficient (Wildman–Crippen LogP) is 1.58. The fraction of sp³-hybridized carbons (Fsp3) is 0.300. The van der Waals surface area contributed by atoms with Crippen molar-refractivity contribution in [3.8, 4) is 0 Å². The van der Waals surface area contributed by atoms with E-state index < -0.39 is 0 Å². The Balaban J connectivity index is 1.95. The van der Waals surface area contributed by atoms with Gasteiger partial charge in [0.1, 0.15) is 18.0 Å². The third-order valence-corrected chi connectivity index (χ3v) is 3.46. The molecule has 18 heavy (non-hydrogen) atoms. The van der Waals surface area contributed by atoms with Gasteiger partial charge in [-0.3, -0.25) is 0 Å². The monoisotopic (exact) mass is 284 g/mol. The van der Waals surface area contributed by atoms with Crippen molar-refractivity contribution in [3.63, 3.8) is 0 Å². The van der Waals surface area contributed by atoms with Crippen molar-refractivity contribution in [2.45, 2.75) is 13.1 Å². The molecular formula is C10H10Cl2N6. The molecule has 0 spiro atoms. The van der Waals surface area contributed by atoms with Crippen LogP contribution in [0.2, 0.25) is 10.0 Å². The van der Waals surface area contributed by atoms with Crippen LogP contribution in [0, 0.1) is 0 Å². The Kier molecular flexibility index (Phi) is 2.76. The highest BCUT2D eigenvalue weighted by Crippen LogP contribution is 2.31. The summed E-state index contributed by atoms with van der Waals surface area (Å²) in [6.07, 6.45) is 1.72. The summed E-state index contributed by atoms with van der Waals surface area (Å²) in [4.78, 5) is 6.25. The molecule has 2 aromatic heterocycles. The molecular weight excluding hydrogens is 275 g/mol. The Bertz CT molecular complexity index is 596. The minimum Gasteiger partial charge on any atom is -0.382 e. The number of nitrogen functional groups attached to an aromatic ring is 1. The van der Waals surface area contributed by atoms with Crippen molar-refractivity contribution in [2.24, 2.45) is 0 Å². The summed E-state index contributed by atoms with van der Waals surface area (Å²) >= 11 is 12.0. The topological polar surface area (TPSA) is 72.9 Å². The molecule has 3 rings (SSSR count). The van der Waals surface area contributed by atoms with Gasteiger partial charge < -0.3 is 15.2 Å². The van der Waals surface area contributed by atoms with Crippen molar-refractivity contribution in [1.29, 1.82) is 0 Å². The lowest BCUT2D eigenvalue weighted by Crippen LogP contribution is -2.34. The SMILES string of the molecule is Nc1nc(N2CCn3cnnc3C2)c(Cl)cc1Cl. The van der Waals surface area contributed by atoms with Gasteiger partial charge in [0.2, 0.25) is 0 Å². The average molecular weight is 285 g/mol. The lowest BCUT2D eigenvalue weighted by atomic mass is 10.3. The van der Waals surface area contributed by atoms with Crippen molar-refractivity contribution in [1.82, 2.24) is 19.7 Å². The van der Waals surface area contributed by atoms with Crippen LogP contribution in [0.4, 0.5) is 11.6 Å². The second kappa shape index (κ2) is 4.29. The van der Waals surface area contributed by atoms with E-state index in [1.807, 2.05) is 9.47 Å². The Labute approximate surface area is 113 Å². The van der Waals surface area contributed by atoms with Crippen molar-refractivity contribution >= 4 is 34.8 Å². The van der Waals surface area contributed by atoms with E-state index in [0.717, 1.165) is 18.9 Å². The van der Waals surface area contributed by atoms with Crippen LogP contribution in [-0.2, 0) is 13.1 Å². The third kappa shape index (κ3) is 1.87. The highest BCUT2D eigenvalue weighted by Gasteiger charge is 2.21. The van der Waals surface area contributed by atoms with Gasteiger partial charge in [0, 0.05) is 13.1 Å². The fourth-order valence-electron chi connectivity index (χ4n) is 1.94. The molecule has 0 radical (unpaired) electrons. The van der Waals surface area contributed by atoms with Crippen LogP contribution in [0.5, 0.6) is 0 Å². The Hall–Kier alpha value is -1.53. The predicted molar refractivity (Wildman–Crippen MR) is 69.7 cm³/mol. The van der Waals surface area contributed by atoms with Gasteiger partial charge >= 0.3 is 0 Å². The first-order valence-corrected chi connectivity index (χ1v) is 6.14. The smallest absolute Gasteiger partial charge is 0.152 e. The largest absolute Gasteiger partial charge is 0.382 e. The number of halogens is 2. The van der Waals surface area contributed by atoms with Gasteiger partial charge in [-0.25, -0.2) is 4.98 Å². The molecule has 0 fully saturated rings. The van der Waals surface area contributed by atoms with E-state index >= 15 is 0 Å². The lowest BCUT2D eigenvalue weighted by Gasteiger charge is -2.28. The molecule has 0 saturated carbocycles. The van der Waals surface area contributed by atoms with Crippen LogP contribution >= 0.6 is 23.2 Å². The third-order valence-electron chi connectivity index (χ3n) is 2.88. The van der Waals surface area contributed by atoms with E-state index in [2.05, 4.69) is 15.2 Å². The average Bonchev–Trinajstić information content (AvgIpc) is 2.80. The summed E-state index contributed by atoms with van der Waals surface area (Å²) < 4.78 is 2.00. The number of nitrogens with zero attached hydrogens (tertiary/aromatic N) is 5. The molecule has 0 unspecified atom stereocenters. The first-order valence-electron chi connectivity index (χ1n) is 5.38. The van der Waals surface area contributed by atoms with Gasteiger partial charge in [-0.1, -0.05) is 23.2 Å². The highest BCUT2D eigenvalue weighted by molar-refractivity contribution is 6.37. The maximum Gasteiger partial charge on any atom is 0.152 e. The zero-order valence-electron chi connectivity index (χ0n) is 9.35. The Morgan fingerprint density at radius 3 is 2.89 bits per heavy atom. The summed E-state index contributed by atoms with van der Waals surface area (Å²) in [5.74, 6) is 1.79. The number of nitrogens with two attached hydrogens (primary N) is 1. The van der Waals surface area contributed by atoms with Gasteiger partial charge in [-0.15, -0.1) is 10.2 Å². The second-order valence-electron chi connectivity index (χ2n) is 4.02. The molecule has 0 atom stereocenters.